The van der Waals surface area contributed by atoms with Crippen molar-refractivity contribution < 1.29 is 9.84 Å². The molecule has 122 valence electrons. The van der Waals surface area contributed by atoms with Gasteiger partial charge in [-0.15, -0.1) is 0 Å². The fraction of sp³-hybridized carbons (Fsp3) is 0.368. The van der Waals surface area contributed by atoms with E-state index in [1.165, 1.54) is 11.3 Å². The Kier molecular flexibility index (Phi) is 5.03. The highest BCUT2D eigenvalue weighted by Gasteiger charge is 2.19. The van der Waals surface area contributed by atoms with Crippen molar-refractivity contribution in [1.82, 2.24) is 0 Å². The first-order valence-corrected chi connectivity index (χ1v) is 8.15. The van der Waals surface area contributed by atoms with Gasteiger partial charge < -0.3 is 20.1 Å². The lowest BCUT2D eigenvalue weighted by Gasteiger charge is -2.33. The quantitative estimate of drug-likeness (QED) is 0.889. The van der Waals surface area contributed by atoms with Crippen LogP contribution in [-0.4, -0.2) is 31.4 Å². The molecule has 1 saturated heterocycles. The molecule has 0 aromatic heterocycles. The number of methoxy groups -OCH3 is 1. The fourth-order valence-corrected chi connectivity index (χ4v) is 2.99. The second-order valence-corrected chi connectivity index (χ2v) is 5.94. The molecule has 3 rings (SSSR count). The van der Waals surface area contributed by atoms with E-state index in [-0.39, 0.29) is 6.10 Å². The van der Waals surface area contributed by atoms with Crippen molar-refractivity contribution >= 4 is 11.4 Å². The van der Waals surface area contributed by atoms with Gasteiger partial charge in [-0.25, -0.2) is 0 Å². The minimum absolute atomic E-state index is 0.150. The van der Waals surface area contributed by atoms with Gasteiger partial charge in [0.25, 0.3) is 0 Å². The maximum atomic E-state index is 9.69. The molecule has 23 heavy (non-hydrogen) atoms. The number of rotatable bonds is 5. The molecule has 2 aromatic carbocycles. The number of aliphatic hydroxyl groups is 1. The van der Waals surface area contributed by atoms with E-state index in [2.05, 4.69) is 40.5 Å². The zero-order valence-corrected chi connectivity index (χ0v) is 13.5. The van der Waals surface area contributed by atoms with Crippen molar-refractivity contribution in [2.75, 3.05) is 30.4 Å². The summed E-state index contributed by atoms with van der Waals surface area (Å²) < 4.78 is 5.28. The van der Waals surface area contributed by atoms with Crippen LogP contribution in [-0.2, 0) is 6.54 Å². The summed E-state index contributed by atoms with van der Waals surface area (Å²) in [7, 11) is 1.69. The van der Waals surface area contributed by atoms with Gasteiger partial charge in [-0.2, -0.15) is 0 Å². The standard InChI is InChI=1S/C19H24N2O2/c1-23-17-6-4-5-15(13-17)14-20-18-7-2-3-8-19(18)21-11-9-16(22)10-12-21/h2-8,13,16,20,22H,9-12,14H2,1H3. The number of nitrogens with zero attached hydrogens (tertiary/aromatic N) is 1. The minimum atomic E-state index is -0.150. The summed E-state index contributed by atoms with van der Waals surface area (Å²) in [4.78, 5) is 2.35. The van der Waals surface area contributed by atoms with Crippen LogP contribution >= 0.6 is 0 Å². The normalized spacial score (nSPS) is 15.5. The largest absolute Gasteiger partial charge is 0.497 e. The molecule has 0 atom stereocenters. The number of ether oxygens (including phenoxy) is 1. The van der Waals surface area contributed by atoms with Crippen LogP contribution in [0.15, 0.2) is 48.5 Å². The summed E-state index contributed by atoms with van der Waals surface area (Å²) >= 11 is 0. The Morgan fingerprint density at radius 1 is 1.13 bits per heavy atom. The van der Waals surface area contributed by atoms with Gasteiger partial charge in [-0.1, -0.05) is 24.3 Å². The zero-order valence-electron chi connectivity index (χ0n) is 13.5. The first kappa shape index (κ1) is 15.7. The van der Waals surface area contributed by atoms with E-state index in [1.807, 2.05) is 18.2 Å². The van der Waals surface area contributed by atoms with Gasteiger partial charge in [-0.3, -0.25) is 0 Å². The zero-order chi connectivity index (χ0) is 16.1. The predicted molar refractivity (Wildman–Crippen MR) is 94.2 cm³/mol. The second kappa shape index (κ2) is 7.38. The Hall–Kier alpha value is -2.20. The van der Waals surface area contributed by atoms with Crippen molar-refractivity contribution in [2.24, 2.45) is 0 Å². The summed E-state index contributed by atoms with van der Waals surface area (Å²) in [5.41, 5.74) is 3.53. The van der Waals surface area contributed by atoms with E-state index >= 15 is 0 Å². The number of aliphatic hydroxyl groups excluding tert-OH is 1. The lowest BCUT2D eigenvalue weighted by Crippen LogP contribution is -2.36. The Balaban J connectivity index is 1.70. The van der Waals surface area contributed by atoms with Crippen LogP contribution in [0.2, 0.25) is 0 Å². The monoisotopic (exact) mass is 312 g/mol. The molecule has 0 amide bonds. The fourth-order valence-electron chi connectivity index (χ4n) is 2.99. The number of benzene rings is 2. The molecule has 0 saturated carbocycles. The van der Waals surface area contributed by atoms with Crippen molar-refractivity contribution in [3.8, 4) is 5.75 Å². The van der Waals surface area contributed by atoms with Gasteiger partial charge in [0.2, 0.25) is 0 Å². The molecule has 1 aliphatic heterocycles. The van der Waals surface area contributed by atoms with Gasteiger partial charge in [0.05, 0.1) is 24.6 Å². The molecule has 0 radical (unpaired) electrons. The van der Waals surface area contributed by atoms with Gasteiger partial charge in [0.1, 0.15) is 5.75 Å². The molecule has 1 fully saturated rings. The predicted octanol–water partition coefficient (Wildman–Crippen LogP) is 3.27. The van der Waals surface area contributed by atoms with Crippen LogP contribution in [0.25, 0.3) is 0 Å². The van der Waals surface area contributed by atoms with Crippen molar-refractivity contribution in [2.45, 2.75) is 25.5 Å². The third-order valence-corrected chi connectivity index (χ3v) is 4.33. The Morgan fingerprint density at radius 3 is 2.70 bits per heavy atom. The molecule has 1 aliphatic rings. The van der Waals surface area contributed by atoms with Crippen LogP contribution in [0.1, 0.15) is 18.4 Å². The third-order valence-electron chi connectivity index (χ3n) is 4.33. The number of para-hydroxylation sites is 2. The van der Waals surface area contributed by atoms with Crippen LogP contribution in [0.3, 0.4) is 0 Å². The molecule has 0 unspecified atom stereocenters. The van der Waals surface area contributed by atoms with Crippen LogP contribution in [0.4, 0.5) is 11.4 Å². The lowest BCUT2D eigenvalue weighted by molar-refractivity contribution is 0.145. The average Bonchev–Trinajstić information content (AvgIpc) is 2.61. The summed E-state index contributed by atoms with van der Waals surface area (Å²) in [6, 6.07) is 16.5. The maximum Gasteiger partial charge on any atom is 0.119 e. The van der Waals surface area contributed by atoms with Crippen LogP contribution in [0.5, 0.6) is 5.75 Å². The van der Waals surface area contributed by atoms with E-state index in [1.54, 1.807) is 7.11 Å². The van der Waals surface area contributed by atoms with Gasteiger partial charge >= 0.3 is 0 Å². The molecular weight excluding hydrogens is 288 g/mol. The highest BCUT2D eigenvalue weighted by atomic mass is 16.5. The van der Waals surface area contributed by atoms with Crippen LogP contribution in [0, 0.1) is 0 Å². The number of piperidine rings is 1. The molecule has 2 aromatic rings. The van der Waals surface area contributed by atoms with E-state index < -0.39 is 0 Å². The Labute approximate surface area is 137 Å². The molecule has 2 N–H and O–H groups in total. The third kappa shape index (κ3) is 3.96. The summed E-state index contributed by atoms with van der Waals surface area (Å²) in [6.45, 7) is 2.56. The lowest BCUT2D eigenvalue weighted by atomic mass is 10.1. The highest BCUT2D eigenvalue weighted by molar-refractivity contribution is 5.70. The summed E-state index contributed by atoms with van der Waals surface area (Å²) in [5.74, 6) is 0.877. The van der Waals surface area contributed by atoms with E-state index in [0.717, 1.165) is 43.9 Å². The number of hydrogen-bond acceptors (Lipinski definition) is 4. The molecule has 1 heterocycles. The van der Waals surface area contributed by atoms with Gasteiger partial charge in [0.15, 0.2) is 0 Å². The van der Waals surface area contributed by atoms with Crippen LogP contribution < -0.4 is 15.0 Å². The number of anilines is 2. The highest BCUT2D eigenvalue weighted by Crippen LogP contribution is 2.29. The smallest absolute Gasteiger partial charge is 0.119 e. The number of nitrogens with one attached hydrogen (secondary N) is 1. The Bertz CT molecular complexity index is 637. The first-order chi connectivity index (χ1) is 11.3. The van der Waals surface area contributed by atoms with Crippen molar-refractivity contribution in [3.05, 3.63) is 54.1 Å². The summed E-state index contributed by atoms with van der Waals surface area (Å²) in [6.07, 6.45) is 1.53. The maximum absolute atomic E-state index is 9.69. The molecule has 4 heteroatoms. The molecular formula is C19H24N2O2. The average molecular weight is 312 g/mol. The van der Waals surface area contributed by atoms with E-state index in [4.69, 9.17) is 4.74 Å². The topological polar surface area (TPSA) is 44.7 Å². The van der Waals surface area contributed by atoms with Gasteiger partial charge in [-0.05, 0) is 42.7 Å². The van der Waals surface area contributed by atoms with Gasteiger partial charge in [0, 0.05) is 19.6 Å². The van der Waals surface area contributed by atoms with E-state index in [9.17, 15) is 5.11 Å². The van der Waals surface area contributed by atoms with Crippen molar-refractivity contribution in [1.29, 1.82) is 0 Å². The number of hydrogen-bond donors (Lipinski definition) is 2. The molecule has 0 spiro atoms. The minimum Gasteiger partial charge on any atom is -0.497 e. The van der Waals surface area contributed by atoms with E-state index in [0.29, 0.717) is 0 Å². The molecule has 0 aliphatic carbocycles. The Morgan fingerprint density at radius 2 is 1.91 bits per heavy atom. The first-order valence-electron chi connectivity index (χ1n) is 8.15. The molecule has 4 nitrogen and oxygen atoms in total. The summed E-state index contributed by atoms with van der Waals surface area (Å²) in [5, 5.41) is 13.2. The van der Waals surface area contributed by atoms with Crippen molar-refractivity contribution in [3.63, 3.8) is 0 Å². The SMILES string of the molecule is COc1cccc(CNc2ccccc2N2CCC(O)CC2)c1. The molecule has 0 bridgehead atoms. The second-order valence-electron chi connectivity index (χ2n) is 5.94.